The molecule has 1 aromatic rings. The zero-order valence-corrected chi connectivity index (χ0v) is 15.0. The highest BCUT2D eigenvalue weighted by Crippen LogP contribution is 2.41. The molecule has 3 fully saturated rings. The fourth-order valence-corrected chi connectivity index (χ4v) is 4.58. The number of amides is 2. The summed E-state index contributed by atoms with van der Waals surface area (Å²) in [5.74, 6) is 1.51. The Bertz CT molecular complexity index is 667. The van der Waals surface area contributed by atoms with Crippen LogP contribution in [0, 0.1) is 11.3 Å². The summed E-state index contributed by atoms with van der Waals surface area (Å²) in [5, 5.41) is 0. The van der Waals surface area contributed by atoms with Crippen LogP contribution in [0.1, 0.15) is 61.7 Å². The minimum absolute atomic E-state index is 0.0913. The number of rotatable bonds is 4. The molecule has 25 heavy (non-hydrogen) atoms. The first-order valence-electron chi connectivity index (χ1n) is 9.64. The van der Waals surface area contributed by atoms with Crippen LogP contribution in [-0.4, -0.2) is 52.8 Å². The van der Waals surface area contributed by atoms with Gasteiger partial charge in [-0.1, -0.05) is 13.3 Å². The normalized spacial score (nSPS) is 27.2. The maximum atomic E-state index is 13.2. The van der Waals surface area contributed by atoms with Crippen molar-refractivity contribution in [2.75, 3.05) is 26.2 Å². The topological polar surface area (TPSA) is 66.7 Å². The fourth-order valence-electron chi connectivity index (χ4n) is 4.58. The number of aromatic nitrogens is 1. The van der Waals surface area contributed by atoms with Gasteiger partial charge in [-0.15, -0.1) is 0 Å². The number of hydrogen-bond donors (Lipinski definition) is 0. The van der Waals surface area contributed by atoms with Crippen molar-refractivity contribution in [3.8, 4) is 0 Å². The van der Waals surface area contributed by atoms with Gasteiger partial charge in [-0.3, -0.25) is 9.59 Å². The van der Waals surface area contributed by atoms with Crippen LogP contribution in [0.4, 0.5) is 0 Å². The molecule has 0 N–H and O–H groups in total. The second-order valence-electron chi connectivity index (χ2n) is 7.89. The van der Waals surface area contributed by atoms with Crippen LogP contribution in [-0.2, 0) is 11.2 Å². The van der Waals surface area contributed by atoms with Crippen LogP contribution >= 0.6 is 0 Å². The van der Waals surface area contributed by atoms with Crippen molar-refractivity contribution in [3.63, 3.8) is 0 Å². The summed E-state index contributed by atoms with van der Waals surface area (Å²) in [6, 6.07) is 0. The second-order valence-corrected chi connectivity index (χ2v) is 7.89. The van der Waals surface area contributed by atoms with Crippen molar-refractivity contribution in [2.24, 2.45) is 11.3 Å². The molecule has 2 aliphatic heterocycles. The summed E-state index contributed by atoms with van der Waals surface area (Å²) in [5.41, 5.74) is 0.0439. The number of hydrogen-bond acceptors (Lipinski definition) is 4. The Hall–Kier alpha value is -1.85. The molecule has 1 aliphatic carbocycles. The lowest BCUT2D eigenvalue weighted by Crippen LogP contribution is -2.52. The predicted molar refractivity (Wildman–Crippen MR) is 92.0 cm³/mol. The third-order valence-electron chi connectivity index (χ3n) is 6.33. The fraction of sp³-hybridized carbons (Fsp3) is 0.737. The van der Waals surface area contributed by atoms with Crippen molar-refractivity contribution >= 4 is 11.8 Å². The Kier molecular flexibility index (Phi) is 4.29. The molecule has 3 aliphatic rings. The van der Waals surface area contributed by atoms with Crippen molar-refractivity contribution in [1.82, 2.24) is 14.8 Å². The van der Waals surface area contributed by atoms with Crippen LogP contribution in [0.25, 0.3) is 0 Å². The molecule has 136 valence electrons. The third kappa shape index (κ3) is 2.85. The minimum atomic E-state index is -0.367. The molecule has 0 bridgehead atoms. The third-order valence-corrected chi connectivity index (χ3v) is 6.33. The summed E-state index contributed by atoms with van der Waals surface area (Å²) in [6.07, 6.45) is 8.52. The largest absolute Gasteiger partial charge is 0.448 e. The van der Waals surface area contributed by atoms with Gasteiger partial charge in [-0.05, 0) is 38.0 Å². The minimum Gasteiger partial charge on any atom is -0.448 e. The number of nitrogens with zero attached hydrogens (tertiary/aromatic N) is 3. The number of carbonyl (C=O) groups is 2. The first-order valence-corrected chi connectivity index (χ1v) is 9.64. The first-order chi connectivity index (χ1) is 12.1. The van der Waals surface area contributed by atoms with Gasteiger partial charge in [-0.25, -0.2) is 4.98 Å². The standard InChI is InChI=1S/C19H27N3O3/c1-2-15-16(20-13-25-15)17(23)22-10-8-19(12-22)7-4-9-21(18(19)24)11-14-5-3-6-14/h13-14H,2-12H2,1H3. The van der Waals surface area contributed by atoms with E-state index >= 15 is 0 Å². The summed E-state index contributed by atoms with van der Waals surface area (Å²) >= 11 is 0. The molecule has 1 spiro atoms. The average molecular weight is 345 g/mol. The van der Waals surface area contributed by atoms with Gasteiger partial charge < -0.3 is 14.2 Å². The molecule has 2 saturated heterocycles. The molecule has 6 heteroatoms. The van der Waals surface area contributed by atoms with Crippen LogP contribution in [0.5, 0.6) is 0 Å². The van der Waals surface area contributed by atoms with E-state index in [1.165, 1.54) is 25.7 Å². The van der Waals surface area contributed by atoms with Crippen LogP contribution in [0.3, 0.4) is 0 Å². The zero-order chi connectivity index (χ0) is 17.4. The molecule has 4 rings (SSSR count). The highest BCUT2D eigenvalue weighted by atomic mass is 16.3. The zero-order valence-electron chi connectivity index (χ0n) is 15.0. The number of piperidine rings is 1. The molecule has 2 amide bonds. The summed E-state index contributed by atoms with van der Waals surface area (Å²) in [6.45, 7) is 4.91. The molecule has 0 radical (unpaired) electrons. The quantitative estimate of drug-likeness (QED) is 0.841. The lowest BCUT2D eigenvalue weighted by Gasteiger charge is -2.42. The van der Waals surface area contributed by atoms with E-state index in [9.17, 15) is 9.59 Å². The Morgan fingerprint density at radius 1 is 1.32 bits per heavy atom. The van der Waals surface area contributed by atoms with Crippen molar-refractivity contribution < 1.29 is 14.0 Å². The second kappa shape index (κ2) is 6.46. The van der Waals surface area contributed by atoms with E-state index in [1.807, 2.05) is 11.8 Å². The Morgan fingerprint density at radius 2 is 2.16 bits per heavy atom. The number of aryl methyl sites for hydroxylation is 1. The highest BCUT2D eigenvalue weighted by Gasteiger charge is 2.50. The smallest absolute Gasteiger partial charge is 0.276 e. The van der Waals surface area contributed by atoms with E-state index in [2.05, 4.69) is 9.88 Å². The van der Waals surface area contributed by atoms with E-state index in [1.54, 1.807) is 0 Å². The number of oxazole rings is 1. The monoisotopic (exact) mass is 345 g/mol. The van der Waals surface area contributed by atoms with E-state index < -0.39 is 0 Å². The molecule has 1 aromatic heterocycles. The Labute approximate surface area is 148 Å². The maximum absolute atomic E-state index is 13.2. The van der Waals surface area contributed by atoms with Gasteiger partial charge in [0.15, 0.2) is 12.1 Å². The van der Waals surface area contributed by atoms with Gasteiger partial charge in [0.2, 0.25) is 5.91 Å². The van der Waals surface area contributed by atoms with E-state index in [4.69, 9.17) is 4.42 Å². The Morgan fingerprint density at radius 3 is 2.88 bits per heavy atom. The van der Waals surface area contributed by atoms with Crippen LogP contribution in [0.2, 0.25) is 0 Å². The first kappa shape index (κ1) is 16.6. The summed E-state index contributed by atoms with van der Waals surface area (Å²) in [4.78, 5) is 34.0. The lowest BCUT2D eigenvalue weighted by molar-refractivity contribution is -0.146. The van der Waals surface area contributed by atoms with Crippen molar-refractivity contribution in [3.05, 3.63) is 17.8 Å². The lowest BCUT2D eigenvalue weighted by atomic mass is 9.77. The van der Waals surface area contributed by atoms with Crippen molar-refractivity contribution in [1.29, 1.82) is 0 Å². The maximum Gasteiger partial charge on any atom is 0.276 e. The summed E-state index contributed by atoms with van der Waals surface area (Å²) < 4.78 is 5.30. The molecule has 1 atom stereocenters. The van der Waals surface area contributed by atoms with Gasteiger partial charge in [0.1, 0.15) is 5.76 Å². The van der Waals surface area contributed by atoms with E-state index in [0.717, 1.165) is 32.4 Å². The molecular weight excluding hydrogens is 318 g/mol. The summed E-state index contributed by atoms with van der Waals surface area (Å²) in [7, 11) is 0. The molecular formula is C19H27N3O3. The van der Waals surface area contributed by atoms with Crippen LogP contribution in [0.15, 0.2) is 10.8 Å². The molecule has 6 nitrogen and oxygen atoms in total. The van der Waals surface area contributed by atoms with Gasteiger partial charge in [0.05, 0.1) is 5.41 Å². The van der Waals surface area contributed by atoms with Gasteiger partial charge in [-0.2, -0.15) is 0 Å². The molecule has 1 unspecified atom stereocenters. The molecule has 1 saturated carbocycles. The van der Waals surface area contributed by atoms with Gasteiger partial charge in [0, 0.05) is 32.6 Å². The number of carbonyl (C=O) groups excluding carboxylic acids is 2. The predicted octanol–water partition coefficient (Wildman–Crippen LogP) is 2.49. The molecule has 0 aromatic carbocycles. The highest BCUT2D eigenvalue weighted by molar-refractivity contribution is 5.94. The average Bonchev–Trinajstić information content (AvgIpc) is 3.21. The Balaban J connectivity index is 1.46. The van der Waals surface area contributed by atoms with Gasteiger partial charge in [0.25, 0.3) is 5.91 Å². The van der Waals surface area contributed by atoms with E-state index in [0.29, 0.717) is 36.9 Å². The van der Waals surface area contributed by atoms with E-state index in [-0.39, 0.29) is 17.2 Å². The van der Waals surface area contributed by atoms with Gasteiger partial charge >= 0.3 is 0 Å². The van der Waals surface area contributed by atoms with Crippen LogP contribution < -0.4 is 0 Å². The number of likely N-dealkylation sites (tertiary alicyclic amines) is 2. The SMILES string of the molecule is CCc1ocnc1C(=O)N1CCC2(CCCN(CC3CCC3)C2=O)C1. The van der Waals surface area contributed by atoms with Crippen molar-refractivity contribution in [2.45, 2.75) is 51.9 Å². The molecule has 3 heterocycles.